The Morgan fingerprint density at radius 2 is 2.02 bits per heavy atom. The van der Waals surface area contributed by atoms with Crippen LogP contribution >= 0.6 is 11.3 Å². The number of carbonyl (C=O) groups excluding carboxylic acids is 1. The van der Waals surface area contributed by atoms with E-state index >= 15 is 4.39 Å². The van der Waals surface area contributed by atoms with Gasteiger partial charge in [-0.1, -0.05) is 12.6 Å². The number of halogens is 2. The Bertz CT molecular complexity index is 2130. The number of aryl methyl sites for hydroxylation is 1. The molecule has 7 rings (SSSR count). The first-order chi connectivity index (χ1) is 21.8. The number of aliphatic hydroxyl groups excluding tert-OH is 1. The van der Waals surface area contributed by atoms with Crippen LogP contribution in [-0.4, -0.2) is 59.7 Å². The first-order valence-electron chi connectivity index (χ1n) is 14.3. The Morgan fingerprint density at radius 1 is 1.18 bits per heavy atom. The van der Waals surface area contributed by atoms with Crippen LogP contribution in [0.2, 0.25) is 0 Å². The molecule has 45 heavy (non-hydrogen) atoms. The number of nitrogens with zero attached hydrogens (tertiary/aromatic N) is 6. The summed E-state index contributed by atoms with van der Waals surface area (Å²) in [5.74, 6) is -1.86. The van der Waals surface area contributed by atoms with Gasteiger partial charge in [0.05, 0.1) is 48.4 Å². The maximum Gasteiger partial charge on any atom is 0.246 e. The molecule has 1 aliphatic rings. The van der Waals surface area contributed by atoms with Gasteiger partial charge in [0.2, 0.25) is 5.91 Å². The summed E-state index contributed by atoms with van der Waals surface area (Å²) in [6, 6.07) is 11.5. The molecule has 1 N–H and O–H groups in total. The van der Waals surface area contributed by atoms with E-state index in [2.05, 4.69) is 11.7 Å². The summed E-state index contributed by atoms with van der Waals surface area (Å²) in [5, 5.41) is 22.3. The number of rotatable bonds is 7. The summed E-state index contributed by atoms with van der Waals surface area (Å²) in [4.78, 5) is 19.4. The van der Waals surface area contributed by atoms with Gasteiger partial charge in [0.1, 0.15) is 35.4 Å². The van der Waals surface area contributed by atoms with Gasteiger partial charge in [-0.15, -0.1) is 11.3 Å². The minimum Gasteiger partial charge on any atom is -0.490 e. The van der Waals surface area contributed by atoms with Gasteiger partial charge >= 0.3 is 0 Å². The molecule has 1 aliphatic heterocycles. The fourth-order valence-electron chi connectivity index (χ4n) is 5.98. The largest absolute Gasteiger partial charge is 0.490 e. The second-order valence-corrected chi connectivity index (χ2v) is 11.9. The lowest BCUT2D eigenvalue weighted by Gasteiger charge is -2.33. The van der Waals surface area contributed by atoms with Crippen molar-refractivity contribution in [1.29, 1.82) is 0 Å². The van der Waals surface area contributed by atoms with E-state index in [1.165, 1.54) is 17.4 Å². The lowest BCUT2D eigenvalue weighted by molar-refractivity contribution is -0.129. The summed E-state index contributed by atoms with van der Waals surface area (Å²) in [7, 11) is 1.88. The molecule has 0 saturated carbocycles. The van der Waals surface area contributed by atoms with E-state index in [1.54, 1.807) is 15.8 Å². The van der Waals surface area contributed by atoms with Crippen molar-refractivity contribution in [2.24, 2.45) is 7.05 Å². The van der Waals surface area contributed by atoms with E-state index in [0.717, 1.165) is 39.7 Å². The van der Waals surface area contributed by atoms with E-state index in [4.69, 9.17) is 14.8 Å². The van der Waals surface area contributed by atoms with Crippen LogP contribution in [0.3, 0.4) is 0 Å². The van der Waals surface area contributed by atoms with Crippen molar-refractivity contribution in [3.05, 3.63) is 84.0 Å². The van der Waals surface area contributed by atoms with Crippen LogP contribution in [0, 0.1) is 11.6 Å². The molecule has 0 bridgehead atoms. The van der Waals surface area contributed by atoms with Crippen LogP contribution in [0.5, 0.6) is 5.75 Å². The monoisotopic (exact) mass is 626 g/mol. The molecule has 5 heterocycles. The molecule has 1 atom stereocenters. The summed E-state index contributed by atoms with van der Waals surface area (Å²) in [5.41, 5.74) is 4.52. The third-order valence-corrected chi connectivity index (χ3v) is 9.04. The number of thiophene rings is 1. The van der Waals surface area contributed by atoms with E-state index in [0.29, 0.717) is 40.4 Å². The number of fused-ring (bicyclic) bond motifs is 3. The first-order valence-corrected chi connectivity index (χ1v) is 15.2. The molecule has 0 spiro atoms. The van der Waals surface area contributed by atoms with Gasteiger partial charge in [-0.2, -0.15) is 10.2 Å². The molecule has 9 nitrogen and oxygen atoms in total. The molecule has 4 aromatic heterocycles. The number of hydrogen-bond acceptors (Lipinski definition) is 7. The molecule has 6 aromatic rings. The Hall–Kier alpha value is -4.94. The van der Waals surface area contributed by atoms with Crippen LogP contribution in [-0.2, 0) is 24.9 Å². The third kappa shape index (κ3) is 4.86. The van der Waals surface area contributed by atoms with Gasteiger partial charge in [-0.25, -0.2) is 13.8 Å². The highest BCUT2D eigenvalue weighted by molar-refractivity contribution is 7.18. The predicted molar refractivity (Wildman–Crippen MR) is 169 cm³/mol. The Kier molecular flexibility index (Phi) is 7.17. The molecular formula is C33H28F2N6O3S. The zero-order valence-corrected chi connectivity index (χ0v) is 25.3. The average Bonchev–Trinajstić information content (AvgIpc) is 3.77. The zero-order chi connectivity index (χ0) is 31.4. The van der Waals surface area contributed by atoms with Gasteiger partial charge < -0.3 is 14.7 Å². The molecule has 0 fully saturated rings. The maximum absolute atomic E-state index is 15.9. The molecule has 0 aliphatic carbocycles. The number of hydrogen-bond donors (Lipinski definition) is 1. The highest BCUT2D eigenvalue weighted by atomic mass is 32.1. The third-order valence-electron chi connectivity index (χ3n) is 8.11. The van der Waals surface area contributed by atoms with E-state index in [-0.39, 0.29) is 36.5 Å². The van der Waals surface area contributed by atoms with E-state index in [9.17, 15) is 14.3 Å². The predicted octanol–water partition coefficient (Wildman–Crippen LogP) is 5.95. The second kappa shape index (κ2) is 11.2. The molecule has 12 heteroatoms. The minimum atomic E-state index is -0.828. The Morgan fingerprint density at radius 3 is 2.82 bits per heavy atom. The van der Waals surface area contributed by atoms with Crippen molar-refractivity contribution in [1.82, 2.24) is 29.4 Å². The Labute approximate surface area is 260 Å². The Balaban J connectivity index is 1.51. The van der Waals surface area contributed by atoms with Gasteiger partial charge in [0.25, 0.3) is 0 Å². The van der Waals surface area contributed by atoms with Crippen molar-refractivity contribution in [3.8, 4) is 39.5 Å². The van der Waals surface area contributed by atoms with Gasteiger partial charge in [-0.05, 0) is 42.6 Å². The lowest BCUT2D eigenvalue weighted by atomic mass is 9.96. The minimum absolute atomic E-state index is 0.0249. The number of aromatic nitrogens is 5. The quantitative estimate of drug-likeness (QED) is 0.220. The molecule has 0 radical (unpaired) electrons. The molecular weight excluding hydrogens is 598 g/mol. The number of pyridine rings is 1. The van der Waals surface area contributed by atoms with Crippen LogP contribution in [0.4, 0.5) is 8.78 Å². The fraction of sp³-hybridized carbons (Fsp3) is 0.212. The van der Waals surface area contributed by atoms with Gasteiger partial charge in [0.15, 0.2) is 0 Å². The maximum atomic E-state index is 15.9. The van der Waals surface area contributed by atoms with Crippen molar-refractivity contribution in [3.63, 3.8) is 0 Å². The number of aliphatic hydroxyl groups is 1. The highest BCUT2D eigenvalue weighted by Gasteiger charge is 2.30. The first kappa shape index (κ1) is 28.8. The summed E-state index contributed by atoms with van der Waals surface area (Å²) in [6.07, 6.45) is 3.09. The van der Waals surface area contributed by atoms with Crippen molar-refractivity contribution >= 4 is 38.2 Å². The number of ether oxygens (including phenoxy) is 1. The molecule has 1 amide bonds. The average molecular weight is 627 g/mol. The van der Waals surface area contributed by atoms with E-state index in [1.807, 2.05) is 54.4 Å². The summed E-state index contributed by atoms with van der Waals surface area (Å²) in [6.45, 7) is 5.85. The molecule has 228 valence electrons. The molecule has 2 aromatic carbocycles. The summed E-state index contributed by atoms with van der Waals surface area (Å²) < 4.78 is 40.5. The van der Waals surface area contributed by atoms with Gasteiger partial charge in [-0.3, -0.25) is 14.2 Å². The molecule has 0 saturated heterocycles. The second-order valence-electron chi connectivity index (χ2n) is 10.9. The SMILES string of the molecule is C=CC(=O)N1Cc2cc(-c3nc(-c4ccc5c(cnn5C)c4)c4ccsc4c3-c3c(F)cc(F)cc3OCCO)nn2CC1C. The van der Waals surface area contributed by atoms with Crippen molar-refractivity contribution in [2.75, 3.05) is 13.2 Å². The lowest BCUT2D eigenvalue weighted by Crippen LogP contribution is -2.44. The number of benzene rings is 2. The normalized spacial score (nSPS) is 14.7. The topological polar surface area (TPSA) is 98.3 Å². The fourth-order valence-corrected chi connectivity index (χ4v) is 6.93. The van der Waals surface area contributed by atoms with Crippen LogP contribution < -0.4 is 4.74 Å². The number of amides is 1. The van der Waals surface area contributed by atoms with Crippen LogP contribution in [0.1, 0.15) is 12.6 Å². The molecule has 1 unspecified atom stereocenters. The van der Waals surface area contributed by atoms with E-state index < -0.39 is 11.6 Å². The number of carbonyl (C=O) groups is 1. The van der Waals surface area contributed by atoms with Crippen molar-refractivity contribution in [2.45, 2.75) is 26.1 Å². The van der Waals surface area contributed by atoms with Crippen LogP contribution in [0.25, 0.3) is 54.8 Å². The summed E-state index contributed by atoms with van der Waals surface area (Å²) >= 11 is 1.40. The smallest absolute Gasteiger partial charge is 0.246 e. The highest BCUT2D eigenvalue weighted by Crippen LogP contribution is 2.47. The van der Waals surface area contributed by atoms with Crippen LogP contribution in [0.15, 0.2) is 66.7 Å². The van der Waals surface area contributed by atoms with Gasteiger partial charge in [0, 0.05) is 51.8 Å². The standard InChI is InChI=1S/C33H28F2N6O3S/c1-4-28(43)40-17-22-14-25(38-41(22)16-18(40)2)32-30(29-24(35)12-21(34)13-27(29)44-9-8-42)33-23(7-10-45-33)31(37-32)19-5-6-26-20(11-19)15-36-39(26)3/h4-7,10-15,18,42H,1,8-9,16-17H2,2-3H3. The van der Waals surface area contributed by atoms with Crippen molar-refractivity contribution < 1.29 is 23.4 Å². The zero-order valence-electron chi connectivity index (χ0n) is 24.5.